The number of rotatable bonds is 10. The van der Waals surface area contributed by atoms with Crippen LogP contribution in [0.1, 0.15) is 5.56 Å². The van der Waals surface area contributed by atoms with Crippen molar-refractivity contribution in [3.05, 3.63) is 94.5 Å². The Bertz CT molecular complexity index is 1510. The highest BCUT2D eigenvalue weighted by Gasteiger charge is 2.43. The molecule has 1 aliphatic heterocycles. The van der Waals surface area contributed by atoms with Gasteiger partial charge in [0.1, 0.15) is 6.04 Å². The Hall–Kier alpha value is -2.12. The van der Waals surface area contributed by atoms with Crippen LogP contribution in [-0.4, -0.2) is 69.3 Å². The van der Waals surface area contributed by atoms with Gasteiger partial charge in [-0.15, -0.1) is 0 Å². The van der Waals surface area contributed by atoms with Gasteiger partial charge >= 0.3 is 0 Å². The summed E-state index contributed by atoms with van der Waals surface area (Å²) < 4.78 is 55.7. The molecule has 1 heterocycles. The summed E-state index contributed by atoms with van der Waals surface area (Å²) in [4.78, 5) is 13.5. The van der Waals surface area contributed by atoms with Crippen molar-refractivity contribution in [1.29, 1.82) is 0 Å². The van der Waals surface area contributed by atoms with Gasteiger partial charge in [-0.25, -0.2) is 16.8 Å². The summed E-state index contributed by atoms with van der Waals surface area (Å²) in [6.07, 6.45) is 0. The first-order valence-electron chi connectivity index (χ1n) is 12.0. The number of halogens is 2. The molecular weight excluding hydrogens is 601 g/mol. The number of amides is 1. The van der Waals surface area contributed by atoms with Gasteiger partial charge in [0.2, 0.25) is 26.0 Å². The molecule has 208 valence electrons. The van der Waals surface area contributed by atoms with Crippen molar-refractivity contribution in [2.45, 2.75) is 21.6 Å². The second-order valence-electron chi connectivity index (χ2n) is 8.71. The largest absolute Gasteiger partial charge is 0.354 e. The van der Waals surface area contributed by atoms with Gasteiger partial charge in [0.15, 0.2) is 0 Å². The number of nitrogens with zero attached hydrogens (tertiary/aromatic N) is 2. The SMILES string of the molecule is O=C(NCCSCc1ccc(Cl)c(Cl)c1)[C@H]1CN(S(=O)(=O)c2ccccc2)CCN1S(=O)(=O)c1ccccc1. The average molecular weight is 629 g/mol. The standard InChI is InChI=1S/C26H27Cl2N3O5S3/c27-23-12-11-20(17-24(23)28)19-37-16-13-29-26(32)25-18-30(38(33,34)21-7-3-1-4-8-21)14-15-31(25)39(35,36)22-9-5-2-6-10-22/h1-12,17,25H,13-16,18-19H2,(H,29,32)/t25-/m1/s1. The molecule has 8 nitrogen and oxygen atoms in total. The van der Waals surface area contributed by atoms with E-state index in [2.05, 4.69) is 5.32 Å². The smallest absolute Gasteiger partial charge is 0.243 e. The Labute approximate surface area is 243 Å². The molecule has 0 aliphatic carbocycles. The zero-order valence-electron chi connectivity index (χ0n) is 20.7. The molecule has 1 atom stereocenters. The zero-order chi connectivity index (χ0) is 28.0. The lowest BCUT2D eigenvalue weighted by Crippen LogP contribution is -2.61. The normalized spacial score (nSPS) is 17.1. The van der Waals surface area contributed by atoms with E-state index in [1.807, 2.05) is 6.07 Å². The average Bonchev–Trinajstić information content (AvgIpc) is 2.95. The van der Waals surface area contributed by atoms with Crippen LogP contribution in [0.2, 0.25) is 10.0 Å². The van der Waals surface area contributed by atoms with Gasteiger partial charge in [0.25, 0.3) is 0 Å². The minimum Gasteiger partial charge on any atom is -0.354 e. The van der Waals surface area contributed by atoms with Crippen molar-refractivity contribution in [3.8, 4) is 0 Å². The third kappa shape index (κ3) is 7.15. The topological polar surface area (TPSA) is 104 Å². The monoisotopic (exact) mass is 627 g/mol. The number of thioether (sulfide) groups is 1. The van der Waals surface area contributed by atoms with Crippen LogP contribution < -0.4 is 5.32 Å². The Kier molecular flexibility index (Phi) is 9.97. The fraction of sp³-hybridized carbons (Fsp3) is 0.269. The molecule has 1 fully saturated rings. The molecule has 3 aromatic carbocycles. The Morgan fingerprint density at radius 2 is 1.46 bits per heavy atom. The summed E-state index contributed by atoms with van der Waals surface area (Å²) in [5.74, 6) is 0.641. The molecule has 0 saturated carbocycles. The van der Waals surface area contributed by atoms with Gasteiger partial charge in [0, 0.05) is 37.7 Å². The zero-order valence-corrected chi connectivity index (χ0v) is 24.7. The summed E-state index contributed by atoms with van der Waals surface area (Å²) in [5, 5.41) is 3.73. The van der Waals surface area contributed by atoms with E-state index < -0.39 is 32.0 Å². The van der Waals surface area contributed by atoms with Crippen molar-refractivity contribution < 1.29 is 21.6 Å². The first-order chi connectivity index (χ1) is 18.6. The molecule has 1 saturated heterocycles. The highest BCUT2D eigenvalue weighted by molar-refractivity contribution is 7.98. The molecule has 1 aliphatic rings. The summed E-state index contributed by atoms with van der Waals surface area (Å²) in [7, 11) is -7.97. The third-order valence-electron chi connectivity index (χ3n) is 6.13. The molecule has 1 N–H and O–H groups in total. The quantitative estimate of drug-likeness (QED) is 0.339. The van der Waals surface area contributed by atoms with Crippen molar-refractivity contribution >= 4 is 60.9 Å². The number of hydrogen-bond donors (Lipinski definition) is 1. The predicted molar refractivity (Wildman–Crippen MR) is 155 cm³/mol. The summed E-state index contributed by atoms with van der Waals surface area (Å²) >= 11 is 13.6. The maximum atomic E-state index is 13.5. The van der Waals surface area contributed by atoms with Crippen LogP contribution in [0.4, 0.5) is 0 Å². The van der Waals surface area contributed by atoms with Crippen molar-refractivity contribution in [2.24, 2.45) is 0 Å². The molecular formula is C26H27Cl2N3O5S3. The Morgan fingerprint density at radius 1 is 0.846 bits per heavy atom. The van der Waals surface area contributed by atoms with E-state index >= 15 is 0 Å². The first-order valence-corrected chi connectivity index (χ1v) is 16.8. The highest BCUT2D eigenvalue weighted by Crippen LogP contribution is 2.26. The number of carbonyl (C=O) groups is 1. The van der Waals surface area contributed by atoms with E-state index in [-0.39, 0.29) is 36.0 Å². The fourth-order valence-corrected chi connectivity index (χ4v) is 8.29. The maximum Gasteiger partial charge on any atom is 0.243 e. The van der Waals surface area contributed by atoms with E-state index in [0.29, 0.717) is 21.6 Å². The van der Waals surface area contributed by atoms with E-state index in [1.54, 1.807) is 60.3 Å². The number of benzene rings is 3. The second kappa shape index (κ2) is 13.0. The summed E-state index contributed by atoms with van der Waals surface area (Å²) in [6.45, 7) is -0.266. The van der Waals surface area contributed by atoms with Crippen molar-refractivity contribution in [3.63, 3.8) is 0 Å². The molecule has 3 aromatic rings. The molecule has 0 bridgehead atoms. The number of hydrogen-bond acceptors (Lipinski definition) is 6. The fourth-order valence-electron chi connectivity index (χ4n) is 4.11. The molecule has 0 unspecified atom stereocenters. The molecule has 39 heavy (non-hydrogen) atoms. The summed E-state index contributed by atoms with van der Waals surface area (Å²) in [5.41, 5.74) is 0.981. The Balaban J connectivity index is 1.47. The lowest BCUT2D eigenvalue weighted by molar-refractivity contribution is -0.125. The van der Waals surface area contributed by atoms with Crippen LogP contribution in [0.15, 0.2) is 88.7 Å². The van der Waals surface area contributed by atoms with Crippen molar-refractivity contribution in [2.75, 3.05) is 31.9 Å². The number of nitrogens with one attached hydrogen (secondary N) is 1. The van der Waals surface area contributed by atoms with E-state index in [4.69, 9.17) is 23.2 Å². The summed E-state index contributed by atoms with van der Waals surface area (Å²) in [6, 6.07) is 19.8. The van der Waals surface area contributed by atoms with Gasteiger partial charge in [0.05, 0.1) is 19.8 Å². The van der Waals surface area contributed by atoms with Crippen LogP contribution >= 0.6 is 35.0 Å². The minimum absolute atomic E-state index is 0.0411. The second-order valence-corrected chi connectivity index (χ2v) is 14.5. The molecule has 13 heteroatoms. The van der Waals surface area contributed by atoms with Crippen LogP contribution in [-0.2, 0) is 30.6 Å². The van der Waals surface area contributed by atoms with Crippen molar-refractivity contribution in [1.82, 2.24) is 13.9 Å². The van der Waals surface area contributed by atoms with Gasteiger partial charge in [-0.2, -0.15) is 20.4 Å². The molecule has 4 rings (SSSR count). The number of carbonyl (C=O) groups excluding carboxylic acids is 1. The minimum atomic E-state index is -4.05. The van der Waals surface area contributed by atoms with E-state index in [1.165, 1.54) is 28.6 Å². The number of sulfonamides is 2. The van der Waals surface area contributed by atoms with Gasteiger partial charge in [-0.3, -0.25) is 4.79 Å². The van der Waals surface area contributed by atoms with Gasteiger partial charge in [-0.1, -0.05) is 65.7 Å². The van der Waals surface area contributed by atoms with E-state index in [9.17, 15) is 21.6 Å². The highest BCUT2D eigenvalue weighted by atomic mass is 35.5. The van der Waals surface area contributed by atoms with Crippen LogP contribution in [0.3, 0.4) is 0 Å². The van der Waals surface area contributed by atoms with Crippen LogP contribution in [0.25, 0.3) is 0 Å². The molecule has 0 radical (unpaired) electrons. The van der Waals surface area contributed by atoms with Crippen LogP contribution in [0.5, 0.6) is 0 Å². The maximum absolute atomic E-state index is 13.5. The number of piperazine rings is 1. The Morgan fingerprint density at radius 3 is 2.08 bits per heavy atom. The first kappa shape index (κ1) is 29.9. The van der Waals surface area contributed by atoms with Gasteiger partial charge < -0.3 is 5.32 Å². The molecule has 0 spiro atoms. The van der Waals surface area contributed by atoms with E-state index in [0.717, 1.165) is 9.87 Å². The molecule has 1 amide bonds. The predicted octanol–water partition coefficient (Wildman–Crippen LogP) is 4.11. The molecule has 0 aromatic heterocycles. The van der Waals surface area contributed by atoms with Gasteiger partial charge in [-0.05, 0) is 42.0 Å². The third-order valence-corrected chi connectivity index (χ3v) is 11.7. The van der Waals surface area contributed by atoms with Crippen LogP contribution in [0, 0.1) is 0 Å². The lowest BCUT2D eigenvalue weighted by Gasteiger charge is -2.38. The lowest BCUT2D eigenvalue weighted by atomic mass is 10.2.